The molecule has 1 N–H and O–H groups in total. The standard InChI is InChI=1S/C22H21N5O3/c1-3-16-8-10-17(11-9-16)24-19(28)14-27-22(29)26-13-12-23-21(20(26)25-27)30-18-7-5-4-6-15(18)2/h4-13H,3,14H2,1-2H3,(H,24,28). The second-order valence-corrected chi connectivity index (χ2v) is 6.83. The number of carbonyl (C=O) groups excluding carboxylic acids is 1. The minimum Gasteiger partial charge on any atom is -0.436 e. The van der Waals surface area contributed by atoms with Gasteiger partial charge >= 0.3 is 5.69 Å². The minimum atomic E-state index is -0.446. The number of nitrogens with zero attached hydrogens (tertiary/aromatic N) is 4. The Bertz CT molecular complexity index is 1260. The average molecular weight is 403 g/mol. The second-order valence-electron chi connectivity index (χ2n) is 6.83. The highest BCUT2D eigenvalue weighted by molar-refractivity contribution is 5.90. The Hall–Kier alpha value is -3.94. The smallest absolute Gasteiger partial charge is 0.351 e. The number of fused-ring (bicyclic) bond motifs is 1. The van der Waals surface area contributed by atoms with Crippen LogP contribution in [-0.4, -0.2) is 25.1 Å². The lowest BCUT2D eigenvalue weighted by Gasteiger charge is -2.07. The fourth-order valence-electron chi connectivity index (χ4n) is 3.04. The first-order valence-corrected chi connectivity index (χ1v) is 9.61. The van der Waals surface area contributed by atoms with Crippen molar-refractivity contribution in [3.63, 3.8) is 0 Å². The fourth-order valence-corrected chi connectivity index (χ4v) is 3.04. The number of aryl methyl sites for hydroxylation is 2. The van der Waals surface area contributed by atoms with E-state index < -0.39 is 5.69 Å². The van der Waals surface area contributed by atoms with E-state index in [9.17, 15) is 9.59 Å². The van der Waals surface area contributed by atoms with Gasteiger partial charge in [0.25, 0.3) is 5.88 Å². The Balaban J connectivity index is 1.57. The molecule has 0 saturated carbocycles. The highest BCUT2D eigenvalue weighted by atomic mass is 16.5. The summed E-state index contributed by atoms with van der Waals surface area (Å²) >= 11 is 0. The van der Waals surface area contributed by atoms with Crippen LogP contribution in [-0.2, 0) is 17.8 Å². The van der Waals surface area contributed by atoms with Crippen LogP contribution in [0.1, 0.15) is 18.1 Å². The molecule has 0 unspecified atom stereocenters. The van der Waals surface area contributed by atoms with E-state index in [4.69, 9.17) is 4.74 Å². The topological polar surface area (TPSA) is 90.5 Å². The van der Waals surface area contributed by atoms with E-state index in [1.165, 1.54) is 22.4 Å². The van der Waals surface area contributed by atoms with Crippen molar-refractivity contribution in [2.75, 3.05) is 5.32 Å². The third-order valence-electron chi connectivity index (χ3n) is 4.71. The molecule has 8 heteroatoms. The molecule has 0 radical (unpaired) electrons. The highest BCUT2D eigenvalue weighted by Gasteiger charge is 2.16. The van der Waals surface area contributed by atoms with Gasteiger partial charge in [-0.25, -0.2) is 18.9 Å². The average Bonchev–Trinajstić information content (AvgIpc) is 3.06. The molecule has 4 aromatic rings. The van der Waals surface area contributed by atoms with Crippen molar-refractivity contribution in [2.24, 2.45) is 0 Å². The molecule has 2 aromatic heterocycles. The van der Waals surface area contributed by atoms with Crippen LogP contribution < -0.4 is 15.7 Å². The van der Waals surface area contributed by atoms with E-state index >= 15 is 0 Å². The number of carbonyl (C=O) groups is 1. The van der Waals surface area contributed by atoms with Crippen LogP contribution in [0.15, 0.2) is 65.7 Å². The molecule has 2 heterocycles. The van der Waals surface area contributed by atoms with Gasteiger partial charge in [0, 0.05) is 18.1 Å². The number of ether oxygens (including phenoxy) is 1. The van der Waals surface area contributed by atoms with Gasteiger partial charge in [0.05, 0.1) is 0 Å². The summed E-state index contributed by atoms with van der Waals surface area (Å²) in [4.78, 5) is 29.3. The maximum absolute atomic E-state index is 12.7. The van der Waals surface area contributed by atoms with Crippen molar-refractivity contribution in [3.8, 4) is 11.6 Å². The lowest BCUT2D eigenvalue weighted by Crippen LogP contribution is -2.28. The van der Waals surface area contributed by atoms with Gasteiger partial charge in [-0.15, -0.1) is 5.10 Å². The van der Waals surface area contributed by atoms with Crippen molar-refractivity contribution >= 4 is 17.2 Å². The van der Waals surface area contributed by atoms with E-state index in [2.05, 4.69) is 22.3 Å². The highest BCUT2D eigenvalue weighted by Crippen LogP contribution is 2.24. The molecule has 0 aliphatic carbocycles. The lowest BCUT2D eigenvalue weighted by atomic mass is 10.1. The van der Waals surface area contributed by atoms with Crippen molar-refractivity contribution in [1.29, 1.82) is 0 Å². The monoisotopic (exact) mass is 403 g/mol. The molecule has 0 atom stereocenters. The Kier molecular flexibility index (Phi) is 5.30. The van der Waals surface area contributed by atoms with Crippen molar-refractivity contribution in [1.82, 2.24) is 19.2 Å². The number of hydrogen-bond acceptors (Lipinski definition) is 5. The first-order valence-electron chi connectivity index (χ1n) is 9.61. The Labute approximate surface area is 172 Å². The third-order valence-corrected chi connectivity index (χ3v) is 4.71. The molecular weight excluding hydrogens is 382 g/mol. The third kappa shape index (κ3) is 3.93. The lowest BCUT2D eigenvalue weighted by molar-refractivity contribution is -0.117. The number of hydrogen-bond donors (Lipinski definition) is 1. The van der Waals surface area contributed by atoms with Crippen LogP contribution in [0.5, 0.6) is 11.6 Å². The number of benzene rings is 2. The predicted molar refractivity (Wildman–Crippen MR) is 113 cm³/mol. The van der Waals surface area contributed by atoms with Crippen molar-refractivity contribution in [2.45, 2.75) is 26.8 Å². The number of amides is 1. The largest absolute Gasteiger partial charge is 0.436 e. The van der Waals surface area contributed by atoms with Gasteiger partial charge < -0.3 is 10.1 Å². The van der Waals surface area contributed by atoms with Gasteiger partial charge in [-0.3, -0.25) is 4.79 Å². The van der Waals surface area contributed by atoms with Gasteiger partial charge in [-0.2, -0.15) is 0 Å². The maximum Gasteiger partial charge on any atom is 0.351 e. The van der Waals surface area contributed by atoms with Gasteiger partial charge in [0.15, 0.2) is 0 Å². The summed E-state index contributed by atoms with van der Waals surface area (Å²) in [7, 11) is 0. The van der Waals surface area contributed by atoms with E-state index in [0.29, 0.717) is 11.4 Å². The summed E-state index contributed by atoms with van der Waals surface area (Å²) in [6.07, 6.45) is 3.88. The zero-order valence-electron chi connectivity index (χ0n) is 16.7. The van der Waals surface area contributed by atoms with Crippen molar-refractivity contribution < 1.29 is 9.53 Å². The van der Waals surface area contributed by atoms with Gasteiger partial charge in [0.1, 0.15) is 12.3 Å². The van der Waals surface area contributed by atoms with Crippen LogP contribution in [0.2, 0.25) is 0 Å². The zero-order valence-corrected chi connectivity index (χ0v) is 16.7. The van der Waals surface area contributed by atoms with Gasteiger partial charge in [0.2, 0.25) is 11.6 Å². The minimum absolute atomic E-state index is 0.193. The molecule has 8 nitrogen and oxygen atoms in total. The SMILES string of the molecule is CCc1ccc(NC(=O)Cn2nc3c(Oc4ccccc4C)nccn3c2=O)cc1. The summed E-state index contributed by atoms with van der Waals surface area (Å²) in [6.45, 7) is 3.76. The summed E-state index contributed by atoms with van der Waals surface area (Å²) in [6, 6.07) is 15.1. The first kappa shape index (κ1) is 19.4. The molecule has 1 amide bonds. The molecule has 0 spiro atoms. The first-order chi connectivity index (χ1) is 14.5. The van der Waals surface area contributed by atoms with Crippen LogP contribution in [0.4, 0.5) is 5.69 Å². The summed E-state index contributed by atoms with van der Waals surface area (Å²) < 4.78 is 8.27. The molecule has 0 bridgehead atoms. The Morgan fingerprint density at radius 1 is 1.13 bits per heavy atom. The fraction of sp³-hybridized carbons (Fsp3) is 0.182. The Morgan fingerprint density at radius 3 is 2.63 bits per heavy atom. The van der Waals surface area contributed by atoms with Crippen LogP contribution in [0.3, 0.4) is 0 Å². The van der Waals surface area contributed by atoms with E-state index in [1.54, 1.807) is 0 Å². The van der Waals surface area contributed by atoms with E-state index in [-0.39, 0.29) is 24.0 Å². The molecule has 0 fully saturated rings. The van der Waals surface area contributed by atoms with E-state index in [1.807, 2.05) is 55.5 Å². The second kappa shape index (κ2) is 8.20. The number of para-hydroxylation sites is 1. The molecule has 30 heavy (non-hydrogen) atoms. The summed E-state index contributed by atoms with van der Waals surface area (Å²) in [5, 5.41) is 7.05. The molecule has 0 aliphatic heterocycles. The number of aromatic nitrogens is 4. The van der Waals surface area contributed by atoms with Crippen LogP contribution in [0, 0.1) is 6.92 Å². The molecule has 4 rings (SSSR count). The molecule has 0 aliphatic rings. The zero-order chi connectivity index (χ0) is 21.1. The van der Waals surface area contributed by atoms with Crippen LogP contribution >= 0.6 is 0 Å². The van der Waals surface area contributed by atoms with Crippen molar-refractivity contribution in [3.05, 3.63) is 82.5 Å². The quantitative estimate of drug-likeness (QED) is 0.534. The maximum atomic E-state index is 12.7. The van der Waals surface area contributed by atoms with Gasteiger partial charge in [-0.1, -0.05) is 37.3 Å². The predicted octanol–water partition coefficient (Wildman–Crippen LogP) is 3.19. The molecule has 152 valence electrons. The summed E-state index contributed by atoms with van der Waals surface area (Å²) in [5.41, 5.74) is 2.57. The molecule has 2 aromatic carbocycles. The molecule has 0 saturated heterocycles. The van der Waals surface area contributed by atoms with Crippen LogP contribution in [0.25, 0.3) is 5.65 Å². The molecular formula is C22H21N5O3. The van der Waals surface area contributed by atoms with E-state index in [0.717, 1.165) is 16.7 Å². The summed E-state index contributed by atoms with van der Waals surface area (Å²) in [5.74, 6) is 0.464. The Morgan fingerprint density at radius 2 is 1.90 bits per heavy atom. The normalized spacial score (nSPS) is 10.9. The number of anilines is 1. The number of nitrogens with one attached hydrogen (secondary N) is 1. The number of rotatable bonds is 6. The van der Waals surface area contributed by atoms with Gasteiger partial charge in [-0.05, 0) is 42.7 Å².